The number of ether oxygens (including phenoxy) is 1. The van der Waals surface area contributed by atoms with Crippen LogP contribution in [0.1, 0.15) is 18.9 Å². The average molecular weight is 253 g/mol. The lowest BCUT2D eigenvalue weighted by Crippen LogP contribution is -2.25. The number of hydrogen-bond acceptors (Lipinski definition) is 3. The van der Waals surface area contributed by atoms with Crippen molar-refractivity contribution < 1.29 is 8.95 Å². The second kappa shape index (κ2) is 5.65. The molecule has 0 saturated carbocycles. The van der Waals surface area contributed by atoms with Crippen LogP contribution in [0.15, 0.2) is 24.3 Å². The first kappa shape index (κ1) is 12.6. The summed E-state index contributed by atoms with van der Waals surface area (Å²) in [6.45, 7) is 1.94. The fourth-order valence-electron chi connectivity index (χ4n) is 1.95. The van der Waals surface area contributed by atoms with Gasteiger partial charge in [0.1, 0.15) is 11.9 Å². The molecule has 94 valence electrons. The van der Waals surface area contributed by atoms with Gasteiger partial charge in [-0.25, -0.2) is 0 Å². The molecule has 2 N–H and O–H groups in total. The molecule has 2 rings (SSSR count). The third-order valence-corrected chi connectivity index (χ3v) is 4.32. The van der Waals surface area contributed by atoms with Gasteiger partial charge in [-0.1, -0.05) is 18.2 Å². The average Bonchev–Trinajstić information content (AvgIpc) is 2.68. The molecule has 0 fully saturated rings. The number of rotatable bonds is 5. The molecule has 3 unspecified atom stereocenters. The molecule has 1 aliphatic heterocycles. The summed E-state index contributed by atoms with van der Waals surface area (Å²) in [5, 5.41) is 0. The van der Waals surface area contributed by atoms with E-state index in [1.165, 1.54) is 5.56 Å². The lowest BCUT2D eigenvalue weighted by atomic mass is 10.1. The zero-order valence-corrected chi connectivity index (χ0v) is 10.9. The van der Waals surface area contributed by atoms with E-state index in [9.17, 15) is 4.21 Å². The Morgan fingerprint density at radius 3 is 3.00 bits per heavy atom. The van der Waals surface area contributed by atoms with E-state index in [0.29, 0.717) is 11.5 Å². The van der Waals surface area contributed by atoms with Gasteiger partial charge in [0, 0.05) is 29.0 Å². The Balaban J connectivity index is 1.81. The van der Waals surface area contributed by atoms with Crippen molar-refractivity contribution in [1.82, 2.24) is 0 Å². The lowest BCUT2D eigenvalue weighted by Gasteiger charge is -2.11. The van der Waals surface area contributed by atoms with Gasteiger partial charge in [0.25, 0.3) is 0 Å². The molecule has 0 amide bonds. The molecule has 0 saturated heterocycles. The maximum atomic E-state index is 11.8. The van der Waals surface area contributed by atoms with E-state index in [0.717, 1.165) is 18.6 Å². The Labute approximate surface area is 105 Å². The van der Waals surface area contributed by atoms with Crippen molar-refractivity contribution in [3.8, 4) is 5.75 Å². The molecule has 0 spiro atoms. The molecule has 1 heterocycles. The van der Waals surface area contributed by atoms with Crippen molar-refractivity contribution >= 4 is 10.8 Å². The Morgan fingerprint density at radius 1 is 1.53 bits per heavy atom. The Kier molecular flexibility index (Phi) is 4.18. The van der Waals surface area contributed by atoms with Gasteiger partial charge in [0.15, 0.2) is 0 Å². The van der Waals surface area contributed by atoms with Crippen LogP contribution >= 0.6 is 0 Å². The molecule has 0 aliphatic carbocycles. The van der Waals surface area contributed by atoms with Gasteiger partial charge in [-0.05, 0) is 25.0 Å². The highest BCUT2D eigenvalue weighted by Gasteiger charge is 2.23. The lowest BCUT2D eigenvalue weighted by molar-refractivity contribution is 0.258. The van der Waals surface area contributed by atoms with Gasteiger partial charge in [0.05, 0.1) is 5.75 Å². The normalized spacial score (nSPS) is 21.6. The predicted octanol–water partition coefficient (Wildman–Crippen LogP) is 1.48. The fraction of sp³-hybridized carbons (Fsp3) is 0.538. The van der Waals surface area contributed by atoms with E-state index in [1.54, 1.807) is 0 Å². The fourth-order valence-corrected chi connectivity index (χ4v) is 3.36. The van der Waals surface area contributed by atoms with Crippen LogP contribution in [0.25, 0.3) is 0 Å². The van der Waals surface area contributed by atoms with E-state index in [2.05, 4.69) is 6.07 Å². The topological polar surface area (TPSA) is 52.3 Å². The van der Waals surface area contributed by atoms with Gasteiger partial charge >= 0.3 is 0 Å². The zero-order chi connectivity index (χ0) is 12.3. The molecule has 17 heavy (non-hydrogen) atoms. The first-order valence-corrected chi connectivity index (χ1v) is 7.49. The summed E-state index contributed by atoms with van der Waals surface area (Å²) in [6.07, 6.45) is 1.76. The molecule has 1 aliphatic rings. The second-order valence-corrected chi connectivity index (χ2v) is 6.25. The van der Waals surface area contributed by atoms with E-state index < -0.39 is 10.8 Å². The van der Waals surface area contributed by atoms with Gasteiger partial charge in [-0.3, -0.25) is 4.21 Å². The van der Waals surface area contributed by atoms with Gasteiger partial charge in [-0.15, -0.1) is 0 Å². The highest BCUT2D eigenvalue weighted by atomic mass is 32.2. The number of nitrogens with two attached hydrogens (primary N) is 1. The molecule has 4 heteroatoms. The minimum absolute atomic E-state index is 0.0707. The van der Waals surface area contributed by atoms with Crippen LogP contribution in [0, 0.1) is 0 Å². The summed E-state index contributed by atoms with van der Waals surface area (Å²) < 4.78 is 17.6. The molecule has 3 nitrogen and oxygen atoms in total. The SMILES string of the molecule is CC(N)CCS(=O)CC1Cc2ccccc2O1. The van der Waals surface area contributed by atoms with Crippen LogP contribution in [0.2, 0.25) is 0 Å². The Hall–Kier alpha value is -0.870. The molecule has 0 radical (unpaired) electrons. The maximum absolute atomic E-state index is 11.8. The largest absolute Gasteiger partial charge is 0.489 e. The smallest absolute Gasteiger partial charge is 0.123 e. The highest BCUT2D eigenvalue weighted by molar-refractivity contribution is 7.85. The summed E-state index contributed by atoms with van der Waals surface area (Å²) in [5.41, 5.74) is 6.88. The Bertz CT molecular complexity index is 381. The third-order valence-electron chi connectivity index (χ3n) is 2.89. The minimum Gasteiger partial charge on any atom is -0.489 e. The predicted molar refractivity (Wildman–Crippen MR) is 70.7 cm³/mol. The maximum Gasteiger partial charge on any atom is 0.123 e. The van der Waals surface area contributed by atoms with Crippen molar-refractivity contribution in [2.24, 2.45) is 5.73 Å². The highest BCUT2D eigenvalue weighted by Crippen LogP contribution is 2.28. The van der Waals surface area contributed by atoms with Crippen molar-refractivity contribution in [1.29, 1.82) is 0 Å². The first-order valence-electron chi connectivity index (χ1n) is 6.00. The van der Waals surface area contributed by atoms with Crippen LogP contribution in [0.5, 0.6) is 5.75 Å². The second-order valence-electron chi connectivity index (χ2n) is 4.63. The molecule has 0 bridgehead atoms. The summed E-state index contributed by atoms with van der Waals surface area (Å²) in [4.78, 5) is 0. The molecule has 1 aromatic rings. The Morgan fingerprint density at radius 2 is 2.29 bits per heavy atom. The van der Waals surface area contributed by atoms with Gasteiger partial charge in [0.2, 0.25) is 0 Å². The van der Waals surface area contributed by atoms with Gasteiger partial charge in [-0.2, -0.15) is 0 Å². The summed E-state index contributed by atoms with van der Waals surface area (Å²) in [5.74, 6) is 2.23. The summed E-state index contributed by atoms with van der Waals surface area (Å²) in [7, 11) is -0.824. The number of fused-ring (bicyclic) bond motifs is 1. The van der Waals surface area contributed by atoms with E-state index in [1.807, 2.05) is 25.1 Å². The van der Waals surface area contributed by atoms with E-state index >= 15 is 0 Å². The van der Waals surface area contributed by atoms with Crippen LogP contribution in [-0.2, 0) is 17.2 Å². The van der Waals surface area contributed by atoms with Crippen LogP contribution in [0.4, 0.5) is 0 Å². The van der Waals surface area contributed by atoms with Gasteiger partial charge < -0.3 is 10.5 Å². The first-order chi connectivity index (χ1) is 8.15. The zero-order valence-electron chi connectivity index (χ0n) is 10.1. The van der Waals surface area contributed by atoms with E-state index in [4.69, 9.17) is 10.5 Å². The van der Waals surface area contributed by atoms with Crippen molar-refractivity contribution in [2.45, 2.75) is 31.9 Å². The number of para-hydroxylation sites is 1. The molecule has 1 aromatic carbocycles. The monoisotopic (exact) mass is 253 g/mol. The third kappa shape index (κ3) is 3.54. The number of hydrogen-bond donors (Lipinski definition) is 1. The van der Waals surface area contributed by atoms with E-state index in [-0.39, 0.29) is 12.1 Å². The molecule has 0 aromatic heterocycles. The molecular weight excluding hydrogens is 234 g/mol. The number of benzene rings is 1. The summed E-state index contributed by atoms with van der Waals surface area (Å²) >= 11 is 0. The molecule has 3 atom stereocenters. The van der Waals surface area contributed by atoms with Crippen molar-refractivity contribution in [3.05, 3.63) is 29.8 Å². The van der Waals surface area contributed by atoms with Crippen LogP contribution in [0.3, 0.4) is 0 Å². The standard InChI is InChI=1S/C13H19NO2S/c1-10(14)6-7-17(15)9-12-8-11-4-2-3-5-13(11)16-12/h2-5,10,12H,6-9,14H2,1H3. The quantitative estimate of drug-likeness (QED) is 0.864. The van der Waals surface area contributed by atoms with Crippen molar-refractivity contribution in [3.63, 3.8) is 0 Å². The van der Waals surface area contributed by atoms with Crippen LogP contribution < -0.4 is 10.5 Å². The molecular formula is C13H19NO2S. The minimum atomic E-state index is -0.824. The van der Waals surface area contributed by atoms with Crippen LogP contribution in [-0.4, -0.2) is 27.9 Å². The van der Waals surface area contributed by atoms with Crippen molar-refractivity contribution in [2.75, 3.05) is 11.5 Å². The summed E-state index contributed by atoms with van der Waals surface area (Å²) in [6, 6.07) is 8.15.